The Kier molecular flexibility index (Phi) is 5.67. The van der Waals surface area contributed by atoms with Crippen molar-refractivity contribution < 1.29 is 9.59 Å². The first-order valence-electron chi connectivity index (χ1n) is 8.75. The Morgan fingerprint density at radius 1 is 0.800 bits per heavy atom. The number of rotatable bonds is 4. The van der Waals surface area contributed by atoms with E-state index in [9.17, 15) is 9.59 Å². The number of benzene rings is 2. The van der Waals surface area contributed by atoms with Crippen molar-refractivity contribution >= 4 is 23.3 Å². The van der Waals surface area contributed by atoms with Gasteiger partial charge in [-0.3, -0.25) is 4.79 Å². The zero-order valence-electron chi connectivity index (χ0n) is 14.1. The fourth-order valence-electron chi connectivity index (χ4n) is 3.07. The third-order valence-electron chi connectivity index (χ3n) is 4.35. The standard InChI is InChI=1S/C20H23N3O2/c24-19(15-8-3-1-4-9-15)21-17-12-7-13-18(14-17)23-20(25)22-16-10-5-2-6-11-16/h1,3-4,7-9,12-14,16H,2,5-6,10-11H2,(H,21,24)(H2,22,23,25). The molecule has 3 N–H and O–H groups in total. The summed E-state index contributed by atoms with van der Waals surface area (Å²) in [4.78, 5) is 24.3. The number of urea groups is 1. The van der Waals surface area contributed by atoms with E-state index in [1.54, 1.807) is 36.4 Å². The van der Waals surface area contributed by atoms with Gasteiger partial charge < -0.3 is 16.0 Å². The van der Waals surface area contributed by atoms with Gasteiger partial charge in [-0.05, 0) is 43.2 Å². The second-order valence-corrected chi connectivity index (χ2v) is 6.33. The Balaban J connectivity index is 1.57. The smallest absolute Gasteiger partial charge is 0.319 e. The Morgan fingerprint density at radius 2 is 1.48 bits per heavy atom. The number of hydrogen-bond donors (Lipinski definition) is 3. The molecule has 3 rings (SSSR count). The van der Waals surface area contributed by atoms with Gasteiger partial charge in [0.15, 0.2) is 0 Å². The van der Waals surface area contributed by atoms with Crippen molar-refractivity contribution in [2.24, 2.45) is 0 Å². The molecule has 0 radical (unpaired) electrons. The third kappa shape index (κ3) is 5.08. The van der Waals surface area contributed by atoms with Gasteiger partial charge in [0.25, 0.3) is 5.91 Å². The van der Waals surface area contributed by atoms with Crippen LogP contribution in [0, 0.1) is 0 Å². The van der Waals surface area contributed by atoms with E-state index in [0.29, 0.717) is 16.9 Å². The Labute approximate surface area is 147 Å². The van der Waals surface area contributed by atoms with Crippen LogP contribution in [-0.4, -0.2) is 18.0 Å². The number of carbonyl (C=O) groups excluding carboxylic acids is 2. The van der Waals surface area contributed by atoms with E-state index in [4.69, 9.17) is 0 Å². The number of amides is 3. The van der Waals surface area contributed by atoms with Crippen LogP contribution in [0.3, 0.4) is 0 Å². The highest BCUT2D eigenvalue weighted by atomic mass is 16.2. The fraction of sp³-hybridized carbons (Fsp3) is 0.300. The number of hydrogen-bond acceptors (Lipinski definition) is 2. The zero-order valence-corrected chi connectivity index (χ0v) is 14.1. The second-order valence-electron chi connectivity index (χ2n) is 6.33. The van der Waals surface area contributed by atoms with Gasteiger partial charge in [-0.25, -0.2) is 4.79 Å². The molecule has 0 aromatic heterocycles. The molecule has 0 spiro atoms. The number of anilines is 2. The summed E-state index contributed by atoms with van der Waals surface area (Å²) in [7, 11) is 0. The van der Waals surface area contributed by atoms with Gasteiger partial charge in [-0.2, -0.15) is 0 Å². The van der Waals surface area contributed by atoms with Gasteiger partial charge in [0.2, 0.25) is 0 Å². The molecule has 0 unspecified atom stereocenters. The predicted octanol–water partition coefficient (Wildman–Crippen LogP) is 4.39. The van der Waals surface area contributed by atoms with Crippen LogP contribution >= 0.6 is 0 Å². The lowest BCUT2D eigenvalue weighted by Gasteiger charge is -2.22. The van der Waals surface area contributed by atoms with E-state index in [2.05, 4.69) is 16.0 Å². The SMILES string of the molecule is O=C(Nc1cccc(NC(=O)c2ccccc2)c1)NC1CCCCC1. The predicted molar refractivity (Wildman–Crippen MR) is 99.9 cm³/mol. The van der Waals surface area contributed by atoms with Gasteiger partial charge in [-0.15, -0.1) is 0 Å². The maximum absolute atomic E-state index is 12.2. The van der Waals surface area contributed by atoms with Gasteiger partial charge in [0, 0.05) is 23.0 Å². The summed E-state index contributed by atoms with van der Waals surface area (Å²) in [6, 6.07) is 16.2. The second kappa shape index (κ2) is 8.33. The van der Waals surface area contributed by atoms with Crippen LogP contribution < -0.4 is 16.0 Å². The molecule has 0 heterocycles. The van der Waals surface area contributed by atoms with E-state index < -0.39 is 0 Å². The van der Waals surface area contributed by atoms with Crippen LogP contribution in [0.5, 0.6) is 0 Å². The minimum absolute atomic E-state index is 0.176. The van der Waals surface area contributed by atoms with Gasteiger partial charge in [0.1, 0.15) is 0 Å². The summed E-state index contributed by atoms with van der Waals surface area (Å²) >= 11 is 0. The minimum Gasteiger partial charge on any atom is -0.335 e. The summed E-state index contributed by atoms with van der Waals surface area (Å²) in [6.07, 6.45) is 5.68. The monoisotopic (exact) mass is 337 g/mol. The average molecular weight is 337 g/mol. The summed E-state index contributed by atoms with van der Waals surface area (Å²) in [5.74, 6) is -0.176. The largest absolute Gasteiger partial charge is 0.335 e. The molecule has 1 aliphatic rings. The molecule has 25 heavy (non-hydrogen) atoms. The van der Waals surface area contributed by atoms with Crippen molar-refractivity contribution in [3.05, 3.63) is 60.2 Å². The van der Waals surface area contributed by atoms with E-state index in [1.807, 2.05) is 18.2 Å². The summed E-state index contributed by atoms with van der Waals surface area (Å²) in [5, 5.41) is 8.70. The van der Waals surface area contributed by atoms with Crippen LogP contribution in [0.1, 0.15) is 42.5 Å². The van der Waals surface area contributed by atoms with Crippen LogP contribution in [0.2, 0.25) is 0 Å². The summed E-state index contributed by atoms with van der Waals surface area (Å²) < 4.78 is 0. The summed E-state index contributed by atoms with van der Waals surface area (Å²) in [5.41, 5.74) is 1.89. The quantitative estimate of drug-likeness (QED) is 0.774. The highest BCUT2D eigenvalue weighted by molar-refractivity contribution is 6.04. The first kappa shape index (κ1) is 17.0. The van der Waals surface area contributed by atoms with Crippen molar-refractivity contribution in [3.8, 4) is 0 Å². The molecule has 3 amide bonds. The van der Waals surface area contributed by atoms with Crippen molar-refractivity contribution in [2.45, 2.75) is 38.1 Å². The number of nitrogens with one attached hydrogen (secondary N) is 3. The molecule has 0 aliphatic heterocycles. The molecule has 0 atom stereocenters. The van der Waals surface area contributed by atoms with E-state index >= 15 is 0 Å². The lowest BCUT2D eigenvalue weighted by molar-refractivity contribution is 0.102. The van der Waals surface area contributed by atoms with Crippen LogP contribution in [-0.2, 0) is 0 Å². The van der Waals surface area contributed by atoms with Crippen LogP contribution in [0.4, 0.5) is 16.2 Å². The molecule has 1 aliphatic carbocycles. The fourth-order valence-corrected chi connectivity index (χ4v) is 3.07. The van der Waals surface area contributed by atoms with Crippen molar-refractivity contribution in [2.75, 3.05) is 10.6 Å². The zero-order chi connectivity index (χ0) is 17.5. The molecule has 130 valence electrons. The lowest BCUT2D eigenvalue weighted by atomic mass is 9.96. The van der Waals surface area contributed by atoms with Crippen LogP contribution in [0.15, 0.2) is 54.6 Å². The molecule has 1 saturated carbocycles. The first-order chi connectivity index (χ1) is 12.2. The average Bonchev–Trinajstić information content (AvgIpc) is 2.63. The van der Waals surface area contributed by atoms with Crippen molar-refractivity contribution in [1.82, 2.24) is 5.32 Å². The molecule has 5 heteroatoms. The minimum atomic E-state index is -0.196. The molecule has 5 nitrogen and oxygen atoms in total. The van der Waals surface area contributed by atoms with Gasteiger partial charge in [0.05, 0.1) is 0 Å². The molecule has 0 saturated heterocycles. The third-order valence-corrected chi connectivity index (χ3v) is 4.35. The normalized spacial score (nSPS) is 14.6. The Hall–Kier alpha value is -2.82. The Bertz CT molecular complexity index is 725. The molecule has 2 aromatic rings. The molecule has 0 bridgehead atoms. The maximum Gasteiger partial charge on any atom is 0.319 e. The van der Waals surface area contributed by atoms with Crippen LogP contribution in [0.25, 0.3) is 0 Å². The summed E-state index contributed by atoms with van der Waals surface area (Å²) in [6.45, 7) is 0. The van der Waals surface area contributed by atoms with Gasteiger partial charge in [-0.1, -0.05) is 43.5 Å². The topological polar surface area (TPSA) is 70.2 Å². The molecule has 1 fully saturated rings. The van der Waals surface area contributed by atoms with Gasteiger partial charge >= 0.3 is 6.03 Å². The van der Waals surface area contributed by atoms with Crippen molar-refractivity contribution in [1.29, 1.82) is 0 Å². The first-order valence-corrected chi connectivity index (χ1v) is 8.75. The van der Waals surface area contributed by atoms with E-state index in [0.717, 1.165) is 12.8 Å². The number of carbonyl (C=O) groups is 2. The highest BCUT2D eigenvalue weighted by Crippen LogP contribution is 2.19. The maximum atomic E-state index is 12.2. The lowest BCUT2D eigenvalue weighted by Crippen LogP contribution is -2.39. The molecule has 2 aromatic carbocycles. The Morgan fingerprint density at radius 3 is 2.20 bits per heavy atom. The molecular weight excluding hydrogens is 314 g/mol. The van der Waals surface area contributed by atoms with E-state index in [-0.39, 0.29) is 18.0 Å². The van der Waals surface area contributed by atoms with E-state index in [1.165, 1.54) is 19.3 Å². The highest BCUT2D eigenvalue weighted by Gasteiger charge is 2.15. The molecular formula is C20H23N3O2. The van der Waals surface area contributed by atoms with Crippen molar-refractivity contribution in [3.63, 3.8) is 0 Å².